The molecule has 1 N–H and O–H groups in total. The normalized spacial score (nSPS) is 11.8. The standard InChI is InChI=1S/C18H22N2O4S/c1-12(2)16-6-5-7-17(13(3)4)18(16)19-25(23,24)15-10-8-14(9-11-15)20(21)22/h5-13,19H,1-4H3. The van der Waals surface area contributed by atoms with Crippen molar-refractivity contribution in [3.8, 4) is 0 Å². The molecule has 0 aliphatic rings. The quantitative estimate of drug-likeness (QED) is 0.598. The van der Waals surface area contributed by atoms with Gasteiger partial charge < -0.3 is 0 Å². The Morgan fingerprint density at radius 1 is 0.920 bits per heavy atom. The van der Waals surface area contributed by atoms with Crippen LogP contribution in [0.2, 0.25) is 0 Å². The van der Waals surface area contributed by atoms with Crippen molar-refractivity contribution in [2.45, 2.75) is 44.4 Å². The Morgan fingerprint density at radius 3 is 1.80 bits per heavy atom. The molecular formula is C18H22N2O4S. The van der Waals surface area contributed by atoms with Gasteiger partial charge >= 0.3 is 0 Å². The molecule has 134 valence electrons. The van der Waals surface area contributed by atoms with E-state index in [0.29, 0.717) is 5.69 Å². The Morgan fingerprint density at radius 2 is 1.40 bits per heavy atom. The lowest BCUT2D eigenvalue weighted by Gasteiger charge is -2.20. The molecular weight excluding hydrogens is 340 g/mol. The van der Waals surface area contributed by atoms with Gasteiger partial charge in [0.15, 0.2) is 0 Å². The van der Waals surface area contributed by atoms with Gasteiger partial charge in [0.2, 0.25) is 0 Å². The third-order valence-corrected chi connectivity index (χ3v) is 5.33. The largest absolute Gasteiger partial charge is 0.279 e. The van der Waals surface area contributed by atoms with E-state index in [9.17, 15) is 18.5 Å². The zero-order valence-electron chi connectivity index (χ0n) is 14.7. The van der Waals surface area contributed by atoms with Crippen LogP contribution < -0.4 is 4.72 Å². The number of nitrogens with one attached hydrogen (secondary N) is 1. The maximum Gasteiger partial charge on any atom is 0.269 e. The molecule has 2 aromatic rings. The first-order chi connectivity index (χ1) is 11.6. The molecule has 7 heteroatoms. The zero-order valence-corrected chi connectivity index (χ0v) is 15.5. The lowest BCUT2D eigenvalue weighted by molar-refractivity contribution is -0.384. The van der Waals surface area contributed by atoms with Gasteiger partial charge in [0.25, 0.3) is 15.7 Å². The Labute approximate surface area is 148 Å². The molecule has 0 aromatic heterocycles. The number of nitro benzene ring substituents is 1. The van der Waals surface area contributed by atoms with Gasteiger partial charge in [-0.25, -0.2) is 8.42 Å². The first kappa shape index (κ1) is 18.9. The fourth-order valence-electron chi connectivity index (χ4n) is 2.61. The highest BCUT2D eigenvalue weighted by Crippen LogP contribution is 2.34. The molecule has 2 aromatic carbocycles. The molecule has 0 bridgehead atoms. The number of anilines is 1. The lowest BCUT2D eigenvalue weighted by atomic mass is 9.93. The van der Waals surface area contributed by atoms with Crippen LogP contribution in [0.3, 0.4) is 0 Å². The van der Waals surface area contributed by atoms with Crippen molar-refractivity contribution in [2.24, 2.45) is 0 Å². The fraction of sp³-hybridized carbons (Fsp3) is 0.333. The van der Waals surface area contributed by atoms with Crippen LogP contribution in [0.5, 0.6) is 0 Å². The number of nitrogens with zero attached hydrogens (tertiary/aromatic N) is 1. The summed E-state index contributed by atoms with van der Waals surface area (Å²) < 4.78 is 28.2. The molecule has 0 aliphatic carbocycles. The van der Waals surface area contributed by atoms with Crippen LogP contribution in [-0.4, -0.2) is 13.3 Å². The maximum absolute atomic E-state index is 12.8. The molecule has 0 aliphatic heterocycles. The predicted octanol–water partition coefficient (Wildman–Crippen LogP) is 4.64. The Bertz CT molecular complexity index is 846. The van der Waals surface area contributed by atoms with Gasteiger partial charge in [-0.3, -0.25) is 14.8 Å². The van der Waals surface area contributed by atoms with Gasteiger partial charge in [-0.05, 0) is 35.1 Å². The van der Waals surface area contributed by atoms with Gasteiger partial charge in [-0.15, -0.1) is 0 Å². The third kappa shape index (κ3) is 4.17. The second kappa shape index (κ2) is 7.23. The van der Waals surface area contributed by atoms with Crippen LogP contribution in [0.15, 0.2) is 47.4 Å². The zero-order chi connectivity index (χ0) is 18.8. The van der Waals surface area contributed by atoms with Crippen LogP contribution >= 0.6 is 0 Å². The number of benzene rings is 2. The third-order valence-electron chi connectivity index (χ3n) is 3.97. The highest BCUT2D eigenvalue weighted by Gasteiger charge is 2.21. The second-order valence-corrected chi connectivity index (χ2v) is 8.16. The SMILES string of the molecule is CC(C)c1cccc(C(C)C)c1NS(=O)(=O)c1ccc([N+](=O)[O-])cc1. The van der Waals surface area contributed by atoms with Crippen LogP contribution in [0.25, 0.3) is 0 Å². The summed E-state index contributed by atoms with van der Waals surface area (Å²) in [6.07, 6.45) is 0. The van der Waals surface area contributed by atoms with E-state index in [0.717, 1.165) is 11.1 Å². The summed E-state index contributed by atoms with van der Waals surface area (Å²) >= 11 is 0. The smallest absolute Gasteiger partial charge is 0.269 e. The number of hydrogen-bond acceptors (Lipinski definition) is 4. The molecule has 0 unspecified atom stereocenters. The van der Waals surface area contributed by atoms with Crippen molar-refractivity contribution in [3.05, 3.63) is 63.7 Å². The molecule has 0 fully saturated rings. The van der Waals surface area contributed by atoms with Gasteiger partial charge in [0.05, 0.1) is 15.5 Å². The molecule has 2 rings (SSSR count). The van der Waals surface area contributed by atoms with E-state index in [-0.39, 0.29) is 22.4 Å². The summed E-state index contributed by atoms with van der Waals surface area (Å²) in [5, 5.41) is 10.7. The molecule has 0 radical (unpaired) electrons. The van der Waals surface area contributed by atoms with E-state index >= 15 is 0 Å². The topological polar surface area (TPSA) is 89.3 Å². The van der Waals surface area contributed by atoms with Crippen LogP contribution in [0.4, 0.5) is 11.4 Å². The van der Waals surface area contributed by atoms with E-state index in [1.807, 2.05) is 45.9 Å². The van der Waals surface area contributed by atoms with Gasteiger partial charge in [-0.2, -0.15) is 0 Å². The molecule has 25 heavy (non-hydrogen) atoms. The molecule has 0 saturated carbocycles. The highest BCUT2D eigenvalue weighted by molar-refractivity contribution is 7.92. The van der Waals surface area contributed by atoms with E-state index in [2.05, 4.69) is 4.72 Å². The Balaban J connectivity index is 2.48. The van der Waals surface area contributed by atoms with Crippen molar-refractivity contribution >= 4 is 21.4 Å². The summed E-state index contributed by atoms with van der Waals surface area (Å²) in [5.74, 6) is 0.293. The minimum absolute atomic E-state index is 0.00800. The van der Waals surface area contributed by atoms with Gasteiger partial charge in [0, 0.05) is 12.1 Å². The molecule has 0 heterocycles. The van der Waals surface area contributed by atoms with Crippen LogP contribution in [0, 0.1) is 10.1 Å². The van der Waals surface area contributed by atoms with Crippen molar-refractivity contribution in [3.63, 3.8) is 0 Å². The molecule has 0 amide bonds. The number of para-hydroxylation sites is 1. The molecule has 6 nitrogen and oxygen atoms in total. The summed E-state index contributed by atoms with van der Waals surface area (Å²) in [6, 6.07) is 10.6. The minimum Gasteiger partial charge on any atom is -0.279 e. The predicted molar refractivity (Wildman–Crippen MR) is 98.5 cm³/mol. The van der Waals surface area contributed by atoms with E-state index < -0.39 is 14.9 Å². The average Bonchev–Trinajstić information content (AvgIpc) is 2.54. The van der Waals surface area contributed by atoms with Crippen molar-refractivity contribution in [1.29, 1.82) is 0 Å². The summed E-state index contributed by atoms with van der Waals surface area (Å²) in [6.45, 7) is 8.01. The van der Waals surface area contributed by atoms with E-state index in [4.69, 9.17) is 0 Å². The number of rotatable bonds is 6. The Hall–Kier alpha value is -2.41. The first-order valence-electron chi connectivity index (χ1n) is 8.03. The molecule has 0 saturated heterocycles. The number of non-ortho nitro benzene ring substituents is 1. The van der Waals surface area contributed by atoms with Crippen molar-refractivity contribution < 1.29 is 13.3 Å². The average molecular weight is 362 g/mol. The second-order valence-electron chi connectivity index (χ2n) is 6.48. The summed E-state index contributed by atoms with van der Waals surface area (Å²) in [7, 11) is -3.84. The fourth-order valence-corrected chi connectivity index (χ4v) is 3.73. The minimum atomic E-state index is -3.84. The first-order valence-corrected chi connectivity index (χ1v) is 9.52. The number of sulfonamides is 1. The number of hydrogen-bond donors (Lipinski definition) is 1. The van der Waals surface area contributed by atoms with Gasteiger partial charge in [0.1, 0.15) is 0 Å². The van der Waals surface area contributed by atoms with Crippen LogP contribution in [-0.2, 0) is 10.0 Å². The number of nitro groups is 1. The van der Waals surface area contributed by atoms with Gasteiger partial charge in [-0.1, -0.05) is 45.9 Å². The molecule has 0 atom stereocenters. The Kier molecular flexibility index (Phi) is 5.47. The van der Waals surface area contributed by atoms with Crippen molar-refractivity contribution in [2.75, 3.05) is 4.72 Å². The summed E-state index contributed by atoms with van der Waals surface area (Å²) in [4.78, 5) is 10.2. The lowest BCUT2D eigenvalue weighted by Crippen LogP contribution is -2.16. The van der Waals surface area contributed by atoms with Crippen LogP contribution in [0.1, 0.15) is 50.7 Å². The molecule has 0 spiro atoms. The monoisotopic (exact) mass is 362 g/mol. The van der Waals surface area contributed by atoms with E-state index in [1.165, 1.54) is 24.3 Å². The highest BCUT2D eigenvalue weighted by atomic mass is 32.2. The maximum atomic E-state index is 12.8. The summed E-state index contributed by atoms with van der Waals surface area (Å²) in [5.41, 5.74) is 2.27. The van der Waals surface area contributed by atoms with E-state index in [1.54, 1.807) is 0 Å². The van der Waals surface area contributed by atoms with Crippen molar-refractivity contribution in [1.82, 2.24) is 0 Å².